The Balaban J connectivity index is 3.65. The first kappa shape index (κ1) is 15.4. The Hall–Kier alpha value is -1.60. The second-order valence-electron chi connectivity index (χ2n) is 3.48. The molecule has 0 fully saturated rings. The highest BCUT2D eigenvalue weighted by Gasteiger charge is 2.17. The molecule has 0 aliphatic rings. The fourth-order valence-electron chi connectivity index (χ4n) is 0.878. The van der Waals surface area contributed by atoms with Crippen molar-refractivity contribution in [3.8, 4) is 0 Å². The maximum atomic E-state index is 11.1. The van der Waals surface area contributed by atoms with Gasteiger partial charge in [-0.2, -0.15) is 0 Å². The number of carboxylic acid groups (broad SMARTS) is 1. The van der Waals surface area contributed by atoms with Crippen molar-refractivity contribution in [1.82, 2.24) is 10.6 Å². The maximum Gasteiger partial charge on any atom is 0.328 e. The lowest BCUT2D eigenvalue weighted by atomic mass is 10.3. The zero-order chi connectivity index (χ0) is 13.3. The van der Waals surface area contributed by atoms with Gasteiger partial charge in [-0.05, 0) is 6.92 Å². The van der Waals surface area contributed by atoms with Crippen LogP contribution in [-0.4, -0.2) is 54.6 Å². The zero-order valence-corrected chi connectivity index (χ0v) is 9.73. The van der Waals surface area contributed by atoms with Gasteiger partial charge in [0.05, 0.1) is 19.8 Å². The standard InChI is InChI=1S/C10H18N2O5/c1-7(2)6-17-4-3-11-10(16)12-8(5-13)9(14)15/h8,13H,1,3-6H2,2H3,(H,14,15)(H2,11,12,16). The van der Waals surface area contributed by atoms with E-state index in [1.807, 2.05) is 6.92 Å². The number of hydrogen-bond donors (Lipinski definition) is 4. The largest absolute Gasteiger partial charge is 0.480 e. The lowest BCUT2D eigenvalue weighted by Gasteiger charge is -2.12. The van der Waals surface area contributed by atoms with E-state index < -0.39 is 24.6 Å². The van der Waals surface area contributed by atoms with Gasteiger partial charge in [0.25, 0.3) is 0 Å². The third kappa shape index (κ3) is 8.23. The summed E-state index contributed by atoms with van der Waals surface area (Å²) >= 11 is 0. The van der Waals surface area contributed by atoms with Crippen LogP contribution in [0.4, 0.5) is 4.79 Å². The Kier molecular flexibility index (Phi) is 7.74. The summed E-state index contributed by atoms with van der Waals surface area (Å²) in [6.45, 7) is 5.76. The fourth-order valence-corrected chi connectivity index (χ4v) is 0.878. The summed E-state index contributed by atoms with van der Waals surface area (Å²) in [6, 6.07) is -1.96. The van der Waals surface area contributed by atoms with Gasteiger partial charge in [0.15, 0.2) is 6.04 Å². The molecule has 0 aliphatic heterocycles. The summed E-state index contributed by atoms with van der Waals surface area (Å²) in [5, 5.41) is 21.7. The molecular weight excluding hydrogens is 228 g/mol. The van der Waals surface area contributed by atoms with Crippen molar-refractivity contribution in [2.24, 2.45) is 0 Å². The molecule has 0 aliphatic carbocycles. The predicted octanol–water partition coefficient (Wildman–Crippen LogP) is -0.676. The smallest absolute Gasteiger partial charge is 0.328 e. The van der Waals surface area contributed by atoms with Crippen LogP contribution in [-0.2, 0) is 9.53 Å². The van der Waals surface area contributed by atoms with Crippen LogP contribution >= 0.6 is 0 Å². The minimum absolute atomic E-state index is 0.247. The number of nitrogens with one attached hydrogen (secondary N) is 2. The van der Waals surface area contributed by atoms with Gasteiger partial charge >= 0.3 is 12.0 Å². The number of carbonyl (C=O) groups excluding carboxylic acids is 1. The van der Waals surface area contributed by atoms with Crippen molar-refractivity contribution in [1.29, 1.82) is 0 Å². The van der Waals surface area contributed by atoms with Crippen LogP contribution < -0.4 is 10.6 Å². The number of ether oxygens (including phenoxy) is 1. The van der Waals surface area contributed by atoms with Crippen molar-refractivity contribution >= 4 is 12.0 Å². The van der Waals surface area contributed by atoms with Gasteiger partial charge in [0, 0.05) is 6.54 Å². The van der Waals surface area contributed by atoms with E-state index in [9.17, 15) is 9.59 Å². The van der Waals surface area contributed by atoms with Gasteiger partial charge in [0.2, 0.25) is 0 Å². The van der Waals surface area contributed by atoms with E-state index in [0.29, 0.717) is 13.2 Å². The first-order chi connectivity index (χ1) is 7.97. The quantitative estimate of drug-likeness (QED) is 0.335. The first-order valence-corrected chi connectivity index (χ1v) is 5.07. The number of urea groups is 1. The molecule has 0 saturated carbocycles. The summed E-state index contributed by atoms with van der Waals surface area (Å²) in [4.78, 5) is 21.6. The van der Waals surface area contributed by atoms with Crippen LogP contribution in [0.25, 0.3) is 0 Å². The van der Waals surface area contributed by atoms with Gasteiger partial charge in [-0.15, -0.1) is 0 Å². The molecule has 0 heterocycles. The molecule has 0 radical (unpaired) electrons. The highest BCUT2D eigenvalue weighted by atomic mass is 16.5. The van der Waals surface area contributed by atoms with Gasteiger partial charge in [-0.25, -0.2) is 9.59 Å². The topological polar surface area (TPSA) is 108 Å². The predicted molar refractivity (Wildman–Crippen MR) is 60.7 cm³/mol. The zero-order valence-electron chi connectivity index (χ0n) is 9.73. The summed E-state index contributed by atoms with van der Waals surface area (Å²) in [6.07, 6.45) is 0. The molecule has 0 bridgehead atoms. The van der Waals surface area contributed by atoms with E-state index in [0.717, 1.165) is 5.57 Å². The molecule has 4 N–H and O–H groups in total. The van der Waals surface area contributed by atoms with Gasteiger partial charge in [-0.3, -0.25) is 0 Å². The number of hydrogen-bond acceptors (Lipinski definition) is 4. The summed E-state index contributed by atoms with van der Waals surface area (Å²) in [5.41, 5.74) is 0.876. The van der Waals surface area contributed by atoms with E-state index in [2.05, 4.69) is 17.2 Å². The molecule has 0 rings (SSSR count). The van der Waals surface area contributed by atoms with Crippen LogP contribution in [0.15, 0.2) is 12.2 Å². The van der Waals surface area contributed by atoms with Crippen molar-refractivity contribution in [3.63, 3.8) is 0 Å². The minimum atomic E-state index is -1.30. The van der Waals surface area contributed by atoms with E-state index >= 15 is 0 Å². The fraction of sp³-hybridized carbons (Fsp3) is 0.600. The Morgan fingerprint density at radius 2 is 2.12 bits per heavy atom. The summed E-state index contributed by atoms with van der Waals surface area (Å²) in [5.74, 6) is -1.29. The average molecular weight is 246 g/mol. The lowest BCUT2D eigenvalue weighted by molar-refractivity contribution is -0.140. The third-order valence-corrected chi connectivity index (χ3v) is 1.67. The Morgan fingerprint density at radius 1 is 1.47 bits per heavy atom. The molecule has 0 aromatic rings. The molecular formula is C10H18N2O5. The van der Waals surface area contributed by atoms with Crippen molar-refractivity contribution in [2.45, 2.75) is 13.0 Å². The highest BCUT2D eigenvalue weighted by Crippen LogP contribution is 1.87. The molecule has 0 saturated heterocycles. The highest BCUT2D eigenvalue weighted by molar-refractivity contribution is 5.82. The van der Waals surface area contributed by atoms with E-state index in [1.165, 1.54) is 0 Å². The molecule has 0 aromatic carbocycles. The first-order valence-electron chi connectivity index (χ1n) is 5.07. The number of aliphatic carboxylic acids is 1. The summed E-state index contributed by atoms with van der Waals surface area (Å²) < 4.78 is 5.12. The van der Waals surface area contributed by atoms with Crippen molar-refractivity contribution in [2.75, 3.05) is 26.4 Å². The molecule has 0 aromatic heterocycles. The SMILES string of the molecule is C=C(C)COCCNC(=O)NC(CO)C(=O)O. The van der Waals surface area contributed by atoms with Gasteiger partial charge in [-0.1, -0.05) is 12.2 Å². The third-order valence-electron chi connectivity index (χ3n) is 1.67. The maximum absolute atomic E-state index is 11.1. The van der Waals surface area contributed by atoms with Crippen LogP contribution in [0, 0.1) is 0 Å². The molecule has 1 atom stereocenters. The second kappa shape index (κ2) is 8.54. The molecule has 17 heavy (non-hydrogen) atoms. The Labute approximate surface area is 99.5 Å². The van der Waals surface area contributed by atoms with Gasteiger partial charge < -0.3 is 25.6 Å². The molecule has 2 amide bonds. The van der Waals surface area contributed by atoms with E-state index in [4.69, 9.17) is 14.9 Å². The second-order valence-corrected chi connectivity index (χ2v) is 3.48. The number of carbonyl (C=O) groups is 2. The number of amides is 2. The van der Waals surface area contributed by atoms with E-state index in [-0.39, 0.29) is 6.54 Å². The summed E-state index contributed by atoms with van der Waals surface area (Å²) in [7, 11) is 0. The lowest BCUT2D eigenvalue weighted by Crippen LogP contribution is -2.48. The molecule has 98 valence electrons. The number of aliphatic hydroxyl groups excluding tert-OH is 1. The Bertz CT molecular complexity index is 280. The average Bonchev–Trinajstić information content (AvgIpc) is 2.24. The molecule has 0 spiro atoms. The number of aliphatic hydroxyl groups is 1. The Morgan fingerprint density at radius 3 is 2.59 bits per heavy atom. The molecule has 1 unspecified atom stereocenters. The molecule has 7 nitrogen and oxygen atoms in total. The number of rotatable bonds is 8. The van der Waals surface area contributed by atoms with Crippen LogP contribution in [0.5, 0.6) is 0 Å². The minimum Gasteiger partial charge on any atom is -0.480 e. The monoisotopic (exact) mass is 246 g/mol. The van der Waals surface area contributed by atoms with Crippen LogP contribution in [0.2, 0.25) is 0 Å². The van der Waals surface area contributed by atoms with Crippen molar-refractivity contribution < 1.29 is 24.5 Å². The van der Waals surface area contributed by atoms with Crippen LogP contribution in [0.1, 0.15) is 6.92 Å². The number of carboxylic acids is 1. The van der Waals surface area contributed by atoms with Gasteiger partial charge in [0.1, 0.15) is 0 Å². The van der Waals surface area contributed by atoms with E-state index in [1.54, 1.807) is 0 Å². The van der Waals surface area contributed by atoms with Crippen molar-refractivity contribution in [3.05, 3.63) is 12.2 Å². The van der Waals surface area contributed by atoms with Crippen LogP contribution in [0.3, 0.4) is 0 Å². The molecule has 7 heteroatoms. The normalized spacial score (nSPS) is 11.6.